The number of nitrogens with zero attached hydrogens (tertiary/aromatic N) is 1. The lowest BCUT2D eigenvalue weighted by Gasteiger charge is -2.37. The maximum atomic E-state index is 2.53. The molecule has 0 aromatic heterocycles. The monoisotopic (exact) mass is 215 g/mol. The third-order valence-electron chi connectivity index (χ3n) is 3.30. The van der Waals surface area contributed by atoms with Gasteiger partial charge in [-0.3, -0.25) is 4.90 Å². The van der Waals surface area contributed by atoms with Crippen LogP contribution in [0, 0.1) is 0 Å². The van der Waals surface area contributed by atoms with Crippen LogP contribution in [-0.4, -0.2) is 23.5 Å². The molecule has 1 aromatic carbocycles. The minimum Gasteiger partial charge on any atom is -0.294 e. The van der Waals surface area contributed by atoms with Crippen molar-refractivity contribution in [1.29, 1.82) is 0 Å². The summed E-state index contributed by atoms with van der Waals surface area (Å²) in [4.78, 5) is 2.53. The van der Waals surface area contributed by atoms with Crippen LogP contribution in [0.1, 0.15) is 32.8 Å². The van der Waals surface area contributed by atoms with Gasteiger partial charge in [-0.15, -0.1) is 0 Å². The van der Waals surface area contributed by atoms with Crippen LogP contribution in [-0.2, 0) is 0 Å². The van der Waals surface area contributed by atoms with E-state index in [-0.39, 0.29) is 0 Å². The molecule has 0 unspecified atom stereocenters. The molecule has 0 aliphatic carbocycles. The summed E-state index contributed by atoms with van der Waals surface area (Å²) in [5.74, 6) is 0. The largest absolute Gasteiger partial charge is 0.294 e. The Morgan fingerprint density at radius 3 is 2.25 bits per heavy atom. The molecule has 86 valence electrons. The second-order valence-corrected chi connectivity index (χ2v) is 5.46. The van der Waals surface area contributed by atoms with Crippen molar-refractivity contribution in [2.75, 3.05) is 13.1 Å². The van der Waals surface area contributed by atoms with Crippen molar-refractivity contribution in [2.24, 2.45) is 0 Å². The third-order valence-corrected chi connectivity index (χ3v) is 3.30. The lowest BCUT2D eigenvalue weighted by molar-refractivity contribution is 0.153. The average molecular weight is 215 g/mol. The molecular formula is C15H21N. The van der Waals surface area contributed by atoms with Crippen LogP contribution in [0.2, 0.25) is 0 Å². The van der Waals surface area contributed by atoms with E-state index in [9.17, 15) is 0 Å². The molecule has 0 bridgehead atoms. The standard InChI is InChI=1S/C15H21N/c1-15(2,3)16-11-9-14(10-12-16)13-7-5-4-6-8-13/h4-9H,10-12H2,1-3H3. The summed E-state index contributed by atoms with van der Waals surface area (Å²) in [7, 11) is 0. The Bertz CT molecular complexity index is 370. The van der Waals surface area contributed by atoms with Crippen molar-refractivity contribution < 1.29 is 0 Å². The summed E-state index contributed by atoms with van der Waals surface area (Å²) in [6.07, 6.45) is 3.55. The van der Waals surface area contributed by atoms with Gasteiger partial charge in [-0.2, -0.15) is 0 Å². The van der Waals surface area contributed by atoms with E-state index < -0.39 is 0 Å². The fourth-order valence-electron chi connectivity index (χ4n) is 2.19. The Kier molecular flexibility index (Phi) is 3.15. The molecule has 0 atom stereocenters. The number of hydrogen-bond acceptors (Lipinski definition) is 1. The first-order chi connectivity index (χ1) is 7.57. The summed E-state index contributed by atoms with van der Waals surface area (Å²) in [6.45, 7) is 9.11. The molecule has 1 heteroatoms. The highest BCUT2D eigenvalue weighted by molar-refractivity contribution is 5.66. The third kappa shape index (κ3) is 2.53. The fourth-order valence-corrected chi connectivity index (χ4v) is 2.19. The number of benzene rings is 1. The normalized spacial score (nSPS) is 18.3. The van der Waals surface area contributed by atoms with E-state index in [0.29, 0.717) is 5.54 Å². The predicted octanol–water partition coefficient (Wildman–Crippen LogP) is 3.57. The molecule has 1 heterocycles. The van der Waals surface area contributed by atoms with Crippen molar-refractivity contribution in [1.82, 2.24) is 4.90 Å². The zero-order valence-corrected chi connectivity index (χ0v) is 10.5. The summed E-state index contributed by atoms with van der Waals surface area (Å²) in [6, 6.07) is 10.7. The van der Waals surface area contributed by atoms with Crippen molar-refractivity contribution in [2.45, 2.75) is 32.7 Å². The van der Waals surface area contributed by atoms with E-state index >= 15 is 0 Å². The van der Waals surface area contributed by atoms with E-state index in [1.807, 2.05) is 0 Å². The maximum absolute atomic E-state index is 2.53. The molecule has 16 heavy (non-hydrogen) atoms. The maximum Gasteiger partial charge on any atom is 0.0174 e. The Morgan fingerprint density at radius 1 is 1.06 bits per heavy atom. The summed E-state index contributed by atoms with van der Waals surface area (Å²) < 4.78 is 0. The van der Waals surface area contributed by atoms with Gasteiger partial charge in [-0.1, -0.05) is 36.4 Å². The Hall–Kier alpha value is -1.08. The minimum absolute atomic E-state index is 0.290. The van der Waals surface area contributed by atoms with Crippen LogP contribution in [0.3, 0.4) is 0 Å². The van der Waals surface area contributed by atoms with Crippen LogP contribution in [0.5, 0.6) is 0 Å². The highest BCUT2D eigenvalue weighted by Gasteiger charge is 2.22. The lowest BCUT2D eigenvalue weighted by Crippen LogP contribution is -2.43. The minimum atomic E-state index is 0.290. The van der Waals surface area contributed by atoms with Crippen LogP contribution < -0.4 is 0 Å². The fraction of sp³-hybridized carbons (Fsp3) is 0.467. The van der Waals surface area contributed by atoms with E-state index in [2.05, 4.69) is 62.1 Å². The van der Waals surface area contributed by atoms with Crippen molar-refractivity contribution in [3.05, 3.63) is 42.0 Å². The average Bonchev–Trinajstić information content (AvgIpc) is 2.29. The first kappa shape index (κ1) is 11.4. The van der Waals surface area contributed by atoms with Gasteiger partial charge in [0.2, 0.25) is 0 Å². The van der Waals surface area contributed by atoms with Crippen molar-refractivity contribution >= 4 is 5.57 Å². The van der Waals surface area contributed by atoms with Gasteiger partial charge < -0.3 is 0 Å². The lowest BCUT2D eigenvalue weighted by atomic mass is 9.96. The van der Waals surface area contributed by atoms with Gasteiger partial charge in [0.1, 0.15) is 0 Å². The van der Waals surface area contributed by atoms with E-state index in [1.54, 1.807) is 0 Å². The highest BCUT2D eigenvalue weighted by atomic mass is 15.2. The second-order valence-electron chi connectivity index (χ2n) is 5.46. The van der Waals surface area contributed by atoms with Gasteiger partial charge in [0, 0.05) is 18.6 Å². The van der Waals surface area contributed by atoms with Crippen LogP contribution in [0.15, 0.2) is 36.4 Å². The topological polar surface area (TPSA) is 3.24 Å². The van der Waals surface area contributed by atoms with Crippen molar-refractivity contribution in [3.63, 3.8) is 0 Å². The Morgan fingerprint density at radius 2 is 1.75 bits per heavy atom. The van der Waals surface area contributed by atoms with Gasteiger partial charge in [-0.25, -0.2) is 0 Å². The second kappa shape index (κ2) is 4.42. The molecule has 1 aromatic rings. The molecule has 0 N–H and O–H groups in total. The molecule has 1 aliphatic rings. The summed E-state index contributed by atoms with van der Waals surface area (Å²) >= 11 is 0. The van der Waals surface area contributed by atoms with Gasteiger partial charge in [0.25, 0.3) is 0 Å². The summed E-state index contributed by atoms with van der Waals surface area (Å²) in [5.41, 5.74) is 3.18. The molecule has 0 radical (unpaired) electrons. The van der Waals surface area contributed by atoms with Gasteiger partial charge in [-0.05, 0) is 38.3 Å². The van der Waals surface area contributed by atoms with Gasteiger partial charge >= 0.3 is 0 Å². The SMILES string of the molecule is CC(C)(C)N1CC=C(c2ccccc2)CC1. The molecule has 1 nitrogen and oxygen atoms in total. The number of hydrogen-bond donors (Lipinski definition) is 0. The molecule has 0 saturated heterocycles. The van der Waals surface area contributed by atoms with E-state index in [0.717, 1.165) is 6.54 Å². The van der Waals surface area contributed by atoms with Crippen LogP contribution in [0.25, 0.3) is 5.57 Å². The van der Waals surface area contributed by atoms with E-state index in [1.165, 1.54) is 24.1 Å². The Labute approximate surface area is 98.8 Å². The van der Waals surface area contributed by atoms with Gasteiger partial charge in [0.15, 0.2) is 0 Å². The van der Waals surface area contributed by atoms with E-state index in [4.69, 9.17) is 0 Å². The predicted molar refractivity (Wildman–Crippen MR) is 70.4 cm³/mol. The van der Waals surface area contributed by atoms with Crippen LogP contribution >= 0.6 is 0 Å². The smallest absolute Gasteiger partial charge is 0.0174 e. The van der Waals surface area contributed by atoms with Gasteiger partial charge in [0.05, 0.1) is 0 Å². The zero-order chi connectivity index (χ0) is 11.6. The first-order valence-electron chi connectivity index (χ1n) is 6.07. The van der Waals surface area contributed by atoms with Crippen LogP contribution in [0.4, 0.5) is 0 Å². The van der Waals surface area contributed by atoms with Crippen molar-refractivity contribution in [3.8, 4) is 0 Å². The molecule has 0 amide bonds. The summed E-state index contributed by atoms with van der Waals surface area (Å²) in [5, 5.41) is 0. The molecule has 1 aliphatic heterocycles. The number of rotatable bonds is 1. The first-order valence-corrected chi connectivity index (χ1v) is 6.07. The quantitative estimate of drug-likeness (QED) is 0.692. The molecule has 2 rings (SSSR count). The molecular weight excluding hydrogens is 194 g/mol. The molecule has 0 fully saturated rings. The molecule has 0 saturated carbocycles. The Balaban J connectivity index is 2.10. The zero-order valence-electron chi connectivity index (χ0n) is 10.5. The molecule has 0 spiro atoms. The highest BCUT2D eigenvalue weighted by Crippen LogP contribution is 2.25.